The van der Waals surface area contributed by atoms with Gasteiger partial charge in [-0.25, -0.2) is 4.98 Å². The molecule has 0 bridgehead atoms. The summed E-state index contributed by atoms with van der Waals surface area (Å²) in [7, 11) is 0. The van der Waals surface area contributed by atoms with Crippen molar-refractivity contribution in [3.8, 4) is 5.75 Å². The smallest absolute Gasteiger partial charge is 0.148 e. The predicted molar refractivity (Wildman–Crippen MR) is 148 cm³/mol. The van der Waals surface area contributed by atoms with Crippen molar-refractivity contribution < 1.29 is 4.74 Å². The third-order valence-corrected chi connectivity index (χ3v) is 7.52. The molecule has 4 aromatic rings. The van der Waals surface area contributed by atoms with E-state index in [1.807, 2.05) is 24.3 Å². The molecule has 0 saturated heterocycles. The second-order valence-corrected chi connectivity index (χ2v) is 10.2. The molecule has 1 heterocycles. The monoisotopic (exact) mass is 488 g/mol. The lowest BCUT2D eigenvalue weighted by molar-refractivity contribution is 0.287. The molecule has 0 saturated carbocycles. The lowest BCUT2D eigenvalue weighted by Gasteiger charge is -2.28. The quantitative estimate of drug-likeness (QED) is 0.248. The van der Waals surface area contributed by atoms with E-state index in [1.165, 1.54) is 36.8 Å². The summed E-state index contributed by atoms with van der Waals surface area (Å²) in [6.07, 6.45) is 6.24. The van der Waals surface area contributed by atoms with E-state index < -0.39 is 0 Å². The Morgan fingerprint density at radius 1 is 1.06 bits per heavy atom. The molecule has 2 atom stereocenters. The summed E-state index contributed by atoms with van der Waals surface area (Å²) in [4.78, 5) is 4.98. The van der Waals surface area contributed by atoms with E-state index in [1.54, 1.807) is 11.1 Å². The minimum absolute atomic E-state index is 0. The van der Waals surface area contributed by atoms with Gasteiger partial charge in [0.25, 0.3) is 0 Å². The fourth-order valence-electron chi connectivity index (χ4n) is 5.43. The van der Waals surface area contributed by atoms with Crippen molar-refractivity contribution in [1.82, 2.24) is 9.55 Å². The number of rotatable bonds is 8. The SMILES string of the molecule is C.Cc1cccc2c1nc(COc1ccc(Cl)cc1)n2CCC(C)CC1CCCc2ccccc21. The van der Waals surface area contributed by atoms with Gasteiger partial charge in [0.05, 0.1) is 11.0 Å². The number of fused-ring (bicyclic) bond motifs is 2. The Kier molecular flexibility index (Phi) is 8.18. The van der Waals surface area contributed by atoms with Gasteiger partial charge in [0.2, 0.25) is 0 Å². The molecule has 2 unspecified atom stereocenters. The Bertz CT molecular complexity index is 1260. The third-order valence-electron chi connectivity index (χ3n) is 7.27. The van der Waals surface area contributed by atoms with Crippen LogP contribution in [0.15, 0.2) is 66.7 Å². The fraction of sp³-hybridized carbons (Fsp3) is 0.387. The zero-order valence-corrected chi connectivity index (χ0v) is 20.9. The average Bonchev–Trinajstić information content (AvgIpc) is 3.21. The van der Waals surface area contributed by atoms with Gasteiger partial charge in [0, 0.05) is 11.6 Å². The highest BCUT2D eigenvalue weighted by Gasteiger charge is 2.22. The van der Waals surface area contributed by atoms with Gasteiger partial charge < -0.3 is 9.30 Å². The van der Waals surface area contributed by atoms with Crippen LogP contribution in [0.25, 0.3) is 11.0 Å². The second kappa shape index (κ2) is 11.3. The van der Waals surface area contributed by atoms with E-state index in [4.69, 9.17) is 21.3 Å². The normalized spacial score (nSPS) is 15.9. The Balaban J connectivity index is 0.00000289. The van der Waals surface area contributed by atoms with Crippen molar-refractivity contribution in [2.24, 2.45) is 5.92 Å². The van der Waals surface area contributed by atoms with Crippen molar-refractivity contribution in [3.63, 3.8) is 0 Å². The molecule has 1 aromatic heterocycles. The van der Waals surface area contributed by atoms with E-state index >= 15 is 0 Å². The van der Waals surface area contributed by atoms with Gasteiger partial charge in [-0.15, -0.1) is 0 Å². The number of para-hydroxylation sites is 1. The molecule has 0 aliphatic heterocycles. The number of imidazole rings is 1. The van der Waals surface area contributed by atoms with E-state index in [2.05, 4.69) is 60.9 Å². The van der Waals surface area contributed by atoms with Crippen LogP contribution in [0.2, 0.25) is 5.02 Å². The maximum absolute atomic E-state index is 6.08. The Labute approximate surface area is 215 Å². The van der Waals surface area contributed by atoms with Crippen LogP contribution in [0.1, 0.15) is 68.5 Å². The van der Waals surface area contributed by atoms with Crippen molar-refractivity contribution in [1.29, 1.82) is 0 Å². The second-order valence-electron chi connectivity index (χ2n) is 9.78. The number of aryl methyl sites for hydroxylation is 3. The standard InChI is InChI=1S/C30H33ClN2O.CH4/c1-21(19-24-10-6-9-23-8-3-4-11-27(23)24)17-18-33-28-12-5-7-22(2)30(28)32-29(33)20-34-26-15-13-25(31)14-16-26;/h3-5,7-8,11-16,21,24H,6,9-10,17-20H2,1-2H3;1H4. The topological polar surface area (TPSA) is 27.1 Å². The number of halogens is 1. The van der Waals surface area contributed by atoms with E-state index in [0.717, 1.165) is 30.1 Å². The summed E-state index contributed by atoms with van der Waals surface area (Å²) >= 11 is 6.02. The van der Waals surface area contributed by atoms with E-state index in [-0.39, 0.29) is 7.43 Å². The molecule has 5 rings (SSSR count). The summed E-state index contributed by atoms with van der Waals surface area (Å²) < 4.78 is 8.45. The molecule has 1 aliphatic rings. The van der Waals surface area contributed by atoms with Gasteiger partial charge in [-0.05, 0) is 97.9 Å². The lowest BCUT2D eigenvalue weighted by atomic mass is 9.78. The average molecular weight is 489 g/mol. The van der Waals surface area contributed by atoms with Gasteiger partial charge >= 0.3 is 0 Å². The highest BCUT2D eigenvalue weighted by molar-refractivity contribution is 6.30. The first-order chi connectivity index (χ1) is 16.6. The third kappa shape index (κ3) is 5.73. The fourth-order valence-corrected chi connectivity index (χ4v) is 5.55. The van der Waals surface area contributed by atoms with Crippen molar-refractivity contribution >= 4 is 22.6 Å². The van der Waals surface area contributed by atoms with Gasteiger partial charge in [-0.1, -0.05) is 62.3 Å². The largest absolute Gasteiger partial charge is 0.486 e. The van der Waals surface area contributed by atoms with Crippen LogP contribution in [0.5, 0.6) is 5.75 Å². The molecule has 0 spiro atoms. The van der Waals surface area contributed by atoms with Gasteiger partial charge in [-0.3, -0.25) is 0 Å². The van der Waals surface area contributed by atoms with Gasteiger partial charge in [0.1, 0.15) is 18.2 Å². The maximum Gasteiger partial charge on any atom is 0.148 e. The van der Waals surface area contributed by atoms with Crippen LogP contribution in [-0.4, -0.2) is 9.55 Å². The molecule has 0 radical (unpaired) electrons. The summed E-state index contributed by atoms with van der Waals surface area (Å²) in [5.41, 5.74) is 6.62. The summed E-state index contributed by atoms with van der Waals surface area (Å²) in [6, 6.07) is 23.0. The van der Waals surface area contributed by atoms with Crippen LogP contribution in [-0.2, 0) is 19.6 Å². The molecule has 3 nitrogen and oxygen atoms in total. The number of ether oxygens (including phenoxy) is 1. The molecule has 35 heavy (non-hydrogen) atoms. The number of aromatic nitrogens is 2. The molecule has 184 valence electrons. The van der Waals surface area contributed by atoms with Crippen LogP contribution in [0, 0.1) is 12.8 Å². The molecule has 4 heteroatoms. The highest BCUT2D eigenvalue weighted by Crippen LogP contribution is 2.36. The number of hydrogen-bond acceptors (Lipinski definition) is 2. The summed E-state index contributed by atoms with van der Waals surface area (Å²) in [6.45, 7) is 5.94. The zero-order chi connectivity index (χ0) is 23.5. The van der Waals surface area contributed by atoms with Crippen molar-refractivity contribution in [2.75, 3.05) is 0 Å². The Morgan fingerprint density at radius 3 is 2.69 bits per heavy atom. The van der Waals surface area contributed by atoms with Crippen LogP contribution < -0.4 is 4.74 Å². The first kappa shape index (κ1) is 25.3. The van der Waals surface area contributed by atoms with Crippen LogP contribution in [0.3, 0.4) is 0 Å². The number of benzene rings is 3. The first-order valence-corrected chi connectivity index (χ1v) is 12.9. The maximum atomic E-state index is 6.08. The van der Waals surface area contributed by atoms with Crippen LogP contribution >= 0.6 is 11.6 Å². The van der Waals surface area contributed by atoms with E-state index in [0.29, 0.717) is 23.5 Å². The molecule has 3 aromatic carbocycles. The molecular weight excluding hydrogens is 452 g/mol. The van der Waals surface area contributed by atoms with Gasteiger partial charge in [0.15, 0.2) is 0 Å². The highest BCUT2D eigenvalue weighted by atomic mass is 35.5. The number of hydrogen-bond donors (Lipinski definition) is 0. The number of nitrogens with zero attached hydrogens (tertiary/aromatic N) is 2. The zero-order valence-electron chi connectivity index (χ0n) is 20.1. The van der Waals surface area contributed by atoms with E-state index in [9.17, 15) is 0 Å². The Hall–Kier alpha value is -2.78. The predicted octanol–water partition coefficient (Wildman–Crippen LogP) is 8.75. The minimum Gasteiger partial charge on any atom is -0.486 e. The molecule has 0 fully saturated rings. The molecule has 0 amide bonds. The molecule has 1 aliphatic carbocycles. The van der Waals surface area contributed by atoms with Crippen LogP contribution in [0.4, 0.5) is 0 Å². The lowest BCUT2D eigenvalue weighted by Crippen LogP contribution is -2.15. The Morgan fingerprint density at radius 2 is 1.86 bits per heavy atom. The molecular formula is C31H37ClN2O. The summed E-state index contributed by atoms with van der Waals surface area (Å²) in [5, 5.41) is 0.713. The van der Waals surface area contributed by atoms with Crippen molar-refractivity contribution in [3.05, 3.63) is 94.3 Å². The van der Waals surface area contributed by atoms with Crippen molar-refractivity contribution in [2.45, 2.75) is 72.4 Å². The first-order valence-electron chi connectivity index (χ1n) is 12.5. The summed E-state index contributed by atoms with van der Waals surface area (Å²) in [5.74, 6) is 3.12. The molecule has 0 N–H and O–H groups in total. The minimum atomic E-state index is 0. The van der Waals surface area contributed by atoms with Gasteiger partial charge in [-0.2, -0.15) is 0 Å².